The van der Waals surface area contributed by atoms with E-state index in [4.69, 9.17) is 4.74 Å². The summed E-state index contributed by atoms with van der Waals surface area (Å²) >= 11 is 0. The molecule has 5 nitrogen and oxygen atoms in total. The number of amides is 1. The summed E-state index contributed by atoms with van der Waals surface area (Å²) < 4.78 is 18.7. The predicted octanol–water partition coefficient (Wildman–Crippen LogP) is 3.92. The van der Waals surface area contributed by atoms with Gasteiger partial charge in [-0.2, -0.15) is 0 Å². The number of carbonyl (C=O) groups is 1. The van der Waals surface area contributed by atoms with E-state index >= 15 is 0 Å². The van der Waals surface area contributed by atoms with Gasteiger partial charge in [0.25, 0.3) is 5.91 Å². The van der Waals surface area contributed by atoms with E-state index in [1.54, 1.807) is 6.07 Å². The van der Waals surface area contributed by atoms with E-state index in [2.05, 4.69) is 9.98 Å². The first-order valence-corrected chi connectivity index (χ1v) is 8.16. The number of aromatic amines is 1. The van der Waals surface area contributed by atoms with Gasteiger partial charge in [0.05, 0.1) is 29.1 Å². The van der Waals surface area contributed by atoms with Crippen molar-refractivity contribution >= 4 is 11.6 Å². The van der Waals surface area contributed by atoms with Crippen LogP contribution in [-0.4, -0.2) is 28.3 Å². The Labute approximate surface area is 148 Å². The molecule has 0 unspecified atom stereocenters. The van der Waals surface area contributed by atoms with Gasteiger partial charge in [-0.05, 0) is 43.3 Å². The SMILES string of the molecule is CCOc1cccc(-c2[nH]c(O)c3c2C(=O)N=C3c2ccc(F)cc2)c1. The molecule has 2 N–H and O–H groups in total. The average Bonchev–Trinajstić information content (AvgIpc) is 3.15. The lowest BCUT2D eigenvalue weighted by molar-refractivity contribution is 0.101. The number of hydrogen-bond donors (Lipinski definition) is 2. The highest BCUT2D eigenvalue weighted by molar-refractivity contribution is 6.30. The van der Waals surface area contributed by atoms with Crippen LogP contribution in [0.25, 0.3) is 11.3 Å². The number of rotatable bonds is 4. The van der Waals surface area contributed by atoms with Gasteiger partial charge in [0.2, 0.25) is 0 Å². The molecule has 0 spiro atoms. The summed E-state index contributed by atoms with van der Waals surface area (Å²) in [5.41, 5.74) is 2.70. The second-order valence-electron chi connectivity index (χ2n) is 5.83. The van der Waals surface area contributed by atoms with E-state index in [0.29, 0.717) is 46.0 Å². The van der Waals surface area contributed by atoms with Gasteiger partial charge in [-0.3, -0.25) is 4.79 Å². The molecule has 4 rings (SSSR count). The first kappa shape index (κ1) is 16.1. The van der Waals surface area contributed by atoms with Crippen LogP contribution in [0.4, 0.5) is 4.39 Å². The van der Waals surface area contributed by atoms with E-state index in [1.807, 2.05) is 25.1 Å². The molecule has 0 fully saturated rings. The molecule has 0 radical (unpaired) electrons. The zero-order valence-electron chi connectivity index (χ0n) is 13.9. The van der Waals surface area contributed by atoms with Gasteiger partial charge in [-0.25, -0.2) is 9.38 Å². The Kier molecular flexibility index (Phi) is 3.80. The van der Waals surface area contributed by atoms with Gasteiger partial charge in [-0.15, -0.1) is 0 Å². The first-order valence-electron chi connectivity index (χ1n) is 8.16. The fraction of sp³-hybridized carbons (Fsp3) is 0.100. The summed E-state index contributed by atoms with van der Waals surface area (Å²) in [6.07, 6.45) is 0. The number of ether oxygens (including phenoxy) is 1. The maximum atomic E-state index is 13.2. The smallest absolute Gasteiger partial charge is 0.280 e. The van der Waals surface area contributed by atoms with Crippen molar-refractivity contribution in [2.24, 2.45) is 4.99 Å². The Bertz CT molecular complexity index is 1040. The molecule has 6 heteroatoms. The molecule has 0 aliphatic carbocycles. The maximum Gasteiger partial charge on any atom is 0.280 e. The van der Waals surface area contributed by atoms with E-state index in [1.165, 1.54) is 24.3 Å². The highest BCUT2D eigenvalue weighted by atomic mass is 19.1. The zero-order chi connectivity index (χ0) is 18.3. The molecule has 1 amide bonds. The normalized spacial score (nSPS) is 12.8. The minimum Gasteiger partial charge on any atom is -0.494 e. The highest BCUT2D eigenvalue weighted by Gasteiger charge is 2.33. The number of nitrogens with one attached hydrogen (secondary N) is 1. The van der Waals surface area contributed by atoms with Gasteiger partial charge in [0.15, 0.2) is 5.88 Å². The quantitative estimate of drug-likeness (QED) is 0.749. The number of H-pyrrole nitrogens is 1. The van der Waals surface area contributed by atoms with E-state index in [0.717, 1.165) is 0 Å². The monoisotopic (exact) mass is 350 g/mol. The van der Waals surface area contributed by atoms with Crippen molar-refractivity contribution in [3.05, 3.63) is 71.0 Å². The fourth-order valence-electron chi connectivity index (χ4n) is 3.09. The summed E-state index contributed by atoms with van der Waals surface area (Å²) in [6.45, 7) is 2.41. The molecule has 0 bridgehead atoms. The van der Waals surface area contributed by atoms with Gasteiger partial charge >= 0.3 is 0 Å². The lowest BCUT2D eigenvalue weighted by atomic mass is 10.00. The van der Waals surface area contributed by atoms with Gasteiger partial charge in [-0.1, -0.05) is 12.1 Å². The molecule has 130 valence electrons. The third-order valence-corrected chi connectivity index (χ3v) is 4.20. The summed E-state index contributed by atoms with van der Waals surface area (Å²) in [5.74, 6) is -0.318. The van der Waals surface area contributed by atoms with Crippen molar-refractivity contribution in [3.63, 3.8) is 0 Å². The van der Waals surface area contributed by atoms with Crippen LogP contribution < -0.4 is 4.74 Å². The van der Waals surface area contributed by atoms with Crippen LogP contribution in [-0.2, 0) is 0 Å². The van der Waals surface area contributed by atoms with Crippen LogP contribution >= 0.6 is 0 Å². The van der Waals surface area contributed by atoms with E-state index in [9.17, 15) is 14.3 Å². The number of halogens is 1. The van der Waals surface area contributed by atoms with Crippen LogP contribution in [0.3, 0.4) is 0 Å². The third kappa shape index (κ3) is 2.56. The summed E-state index contributed by atoms with van der Waals surface area (Å²) in [7, 11) is 0. The van der Waals surface area contributed by atoms with Crippen molar-refractivity contribution in [3.8, 4) is 22.9 Å². The number of benzene rings is 2. The van der Waals surface area contributed by atoms with E-state index < -0.39 is 5.91 Å². The van der Waals surface area contributed by atoms with Crippen LogP contribution in [0.1, 0.15) is 28.4 Å². The predicted molar refractivity (Wildman–Crippen MR) is 95.4 cm³/mol. The summed E-state index contributed by atoms with van der Waals surface area (Å²) in [6, 6.07) is 12.9. The lowest BCUT2D eigenvalue weighted by Gasteiger charge is -2.05. The molecule has 0 saturated heterocycles. The van der Waals surface area contributed by atoms with Crippen LogP contribution in [0.2, 0.25) is 0 Å². The minimum absolute atomic E-state index is 0.147. The molecule has 0 atom stereocenters. The number of fused-ring (bicyclic) bond motifs is 1. The second kappa shape index (κ2) is 6.15. The first-order chi connectivity index (χ1) is 12.6. The Morgan fingerprint density at radius 3 is 2.62 bits per heavy atom. The van der Waals surface area contributed by atoms with Crippen molar-refractivity contribution in [1.29, 1.82) is 0 Å². The average molecular weight is 350 g/mol. The van der Waals surface area contributed by atoms with Crippen molar-refractivity contribution < 1.29 is 19.0 Å². The summed E-state index contributed by atoms with van der Waals surface area (Å²) in [5, 5.41) is 10.4. The van der Waals surface area contributed by atoms with Crippen molar-refractivity contribution in [1.82, 2.24) is 4.98 Å². The molecule has 3 aromatic rings. The topological polar surface area (TPSA) is 74.7 Å². The van der Waals surface area contributed by atoms with E-state index in [-0.39, 0.29) is 11.7 Å². The van der Waals surface area contributed by atoms with Crippen LogP contribution in [0, 0.1) is 5.82 Å². The Hall–Kier alpha value is -3.41. The molecule has 1 aromatic heterocycles. The van der Waals surface area contributed by atoms with Crippen molar-refractivity contribution in [2.45, 2.75) is 6.92 Å². The number of aromatic nitrogens is 1. The largest absolute Gasteiger partial charge is 0.494 e. The molecule has 0 saturated carbocycles. The zero-order valence-corrected chi connectivity index (χ0v) is 13.9. The summed E-state index contributed by atoms with van der Waals surface area (Å²) in [4.78, 5) is 19.4. The second-order valence-corrected chi connectivity index (χ2v) is 5.83. The molecular weight excluding hydrogens is 335 g/mol. The molecule has 1 aliphatic rings. The standard InChI is InChI=1S/C20H15FN2O3/c1-2-26-14-5-3-4-12(10-14)18-16-15(19(24)23-18)17(22-20(16)25)11-6-8-13(21)9-7-11/h3-10,23-24H,2H2,1H3. The maximum absolute atomic E-state index is 13.2. The van der Waals surface area contributed by atoms with Gasteiger partial charge in [0.1, 0.15) is 11.6 Å². The van der Waals surface area contributed by atoms with Crippen LogP contribution in [0.5, 0.6) is 11.6 Å². The molecule has 2 aromatic carbocycles. The Morgan fingerprint density at radius 2 is 1.88 bits per heavy atom. The fourth-order valence-corrected chi connectivity index (χ4v) is 3.09. The van der Waals surface area contributed by atoms with Gasteiger partial charge < -0.3 is 14.8 Å². The highest BCUT2D eigenvalue weighted by Crippen LogP contribution is 2.38. The molecular formula is C20H15FN2O3. The molecule has 2 heterocycles. The minimum atomic E-state index is -0.451. The number of carbonyl (C=O) groups excluding carboxylic acids is 1. The number of hydrogen-bond acceptors (Lipinski definition) is 3. The van der Waals surface area contributed by atoms with Gasteiger partial charge in [0, 0.05) is 11.1 Å². The number of aliphatic imine (C=N–C) groups is 1. The number of aromatic hydroxyl groups is 1. The van der Waals surface area contributed by atoms with Crippen molar-refractivity contribution in [2.75, 3.05) is 6.61 Å². The molecule has 26 heavy (non-hydrogen) atoms. The van der Waals surface area contributed by atoms with Crippen LogP contribution in [0.15, 0.2) is 53.5 Å². The number of nitrogens with zero attached hydrogens (tertiary/aromatic N) is 1. The third-order valence-electron chi connectivity index (χ3n) is 4.20. The Morgan fingerprint density at radius 1 is 1.12 bits per heavy atom. The lowest BCUT2D eigenvalue weighted by Crippen LogP contribution is -1.99. The molecule has 1 aliphatic heterocycles. The Balaban J connectivity index is 1.83.